The molecular weight excluding hydrogens is 422 g/mol. The number of rotatable bonds is 10. The van der Waals surface area contributed by atoms with E-state index in [4.69, 9.17) is 33.6 Å². The summed E-state index contributed by atoms with van der Waals surface area (Å²) in [5.74, 6) is 1.51. The molecule has 30 heavy (non-hydrogen) atoms. The average Bonchev–Trinajstić information content (AvgIpc) is 3.20. The molecule has 1 aromatic rings. The Kier molecular flexibility index (Phi) is 11.3. The Labute approximate surface area is 188 Å². The van der Waals surface area contributed by atoms with Gasteiger partial charge in [0.2, 0.25) is 0 Å². The zero-order valence-corrected chi connectivity index (χ0v) is 19.2. The molecule has 0 amide bonds. The number of hydrazone groups is 2. The molecule has 0 atom stereocenters. The van der Waals surface area contributed by atoms with Crippen molar-refractivity contribution in [3.05, 3.63) is 23.7 Å². The van der Waals surface area contributed by atoms with Crippen LogP contribution >= 0.6 is 24.4 Å². The Morgan fingerprint density at radius 1 is 1.10 bits per heavy atom. The van der Waals surface area contributed by atoms with E-state index < -0.39 is 0 Å². The molecule has 0 spiro atoms. The lowest BCUT2D eigenvalue weighted by atomic mass is 10.2. The summed E-state index contributed by atoms with van der Waals surface area (Å²) in [6.45, 7) is 10.00. The quantitative estimate of drug-likeness (QED) is 0.237. The van der Waals surface area contributed by atoms with Crippen LogP contribution in [0, 0.1) is 0 Å². The van der Waals surface area contributed by atoms with Crippen LogP contribution in [0.3, 0.4) is 0 Å². The van der Waals surface area contributed by atoms with Gasteiger partial charge in [0.05, 0.1) is 19.4 Å². The molecule has 1 aliphatic heterocycles. The third-order valence-corrected chi connectivity index (χ3v) is 4.69. The molecule has 2 rings (SSSR count). The molecule has 0 unspecified atom stereocenters. The van der Waals surface area contributed by atoms with Crippen molar-refractivity contribution in [2.24, 2.45) is 10.2 Å². The van der Waals surface area contributed by atoms with Crippen molar-refractivity contribution in [2.75, 3.05) is 45.9 Å². The third-order valence-electron chi connectivity index (χ3n) is 4.22. The summed E-state index contributed by atoms with van der Waals surface area (Å²) in [6, 6.07) is 3.85. The van der Waals surface area contributed by atoms with Crippen molar-refractivity contribution in [3.8, 4) is 0 Å². The van der Waals surface area contributed by atoms with Crippen molar-refractivity contribution in [1.82, 2.24) is 26.4 Å². The second kappa shape index (κ2) is 14.0. The summed E-state index contributed by atoms with van der Waals surface area (Å²) in [6.07, 6.45) is 3.42. The minimum absolute atomic E-state index is 0.428. The molecule has 0 bridgehead atoms. The first-order chi connectivity index (χ1) is 14.6. The lowest BCUT2D eigenvalue weighted by molar-refractivity contribution is 0.0373. The van der Waals surface area contributed by atoms with E-state index in [2.05, 4.69) is 36.6 Å². The first-order valence-corrected chi connectivity index (χ1v) is 11.0. The Morgan fingerprint density at radius 2 is 1.80 bits per heavy atom. The predicted octanol–water partition coefficient (Wildman–Crippen LogP) is 1.20. The van der Waals surface area contributed by atoms with Crippen LogP contribution in [-0.4, -0.2) is 73.0 Å². The smallest absolute Gasteiger partial charge is 0.186 e. The minimum atomic E-state index is 0.428. The van der Waals surface area contributed by atoms with Crippen LogP contribution in [0.15, 0.2) is 26.8 Å². The van der Waals surface area contributed by atoms with E-state index in [9.17, 15) is 0 Å². The van der Waals surface area contributed by atoms with E-state index in [1.54, 1.807) is 6.21 Å². The van der Waals surface area contributed by atoms with Gasteiger partial charge in [-0.25, -0.2) is 0 Å². The molecule has 1 aliphatic rings. The number of hydrogen-bond acceptors (Lipinski definition) is 7. The number of ether oxygens (including phenoxy) is 1. The lowest BCUT2D eigenvalue weighted by Crippen LogP contribution is -2.36. The number of aryl methyl sites for hydroxylation is 1. The molecular formula is C19H31N7O2S2. The van der Waals surface area contributed by atoms with Gasteiger partial charge in [-0.3, -0.25) is 15.8 Å². The highest BCUT2D eigenvalue weighted by Gasteiger charge is 2.12. The molecule has 4 N–H and O–H groups in total. The highest BCUT2D eigenvalue weighted by atomic mass is 32.1. The number of hydrogen-bond donors (Lipinski definition) is 4. The fourth-order valence-electron chi connectivity index (χ4n) is 2.76. The van der Waals surface area contributed by atoms with Gasteiger partial charge < -0.3 is 19.8 Å². The zero-order chi connectivity index (χ0) is 21.6. The van der Waals surface area contributed by atoms with Gasteiger partial charge >= 0.3 is 0 Å². The highest BCUT2D eigenvalue weighted by Crippen LogP contribution is 2.11. The number of nitrogens with zero attached hydrogens (tertiary/aromatic N) is 3. The summed E-state index contributed by atoms with van der Waals surface area (Å²) in [7, 11) is 0. The second-order valence-corrected chi connectivity index (χ2v) is 7.34. The normalized spacial score (nSPS) is 15.2. The fourth-order valence-corrected chi connectivity index (χ4v) is 3.15. The molecule has 0 saturated carbocycles. The van der Waals surface area contributed by atoms with Crippen molar-refractivity contribution < 1.29 is 9.15 Å². The molecule has 9 nitrogen and oxygen atoms in total. The number of nitrogens with one attached hydrogen (secondary N) is 4. The number of morpholine rings is 1. The average molecular weight is 454 g/mol. The molecule has 11 heteroatoms. The largest absolute Gasteiger partial charge is 0.459 e. The van der Waals surface area contributed by atoms with Crippen LogP contribution in [0.4, 0.5) is 0 Å². The summed E-state index contributed by atoms with van der Waals surface area (Å²) < 4.78 is 11.4. The first-order valence-electron chi connectivity index (χ1n) is 10.2. The molecule has 0 aliphatic carbocycles. The molecule has 0 radical (unpaired) electrons. The molecule has 2 heterocycles. The van der Waals surface area contributed by atoms with Gasteiger partial charge in [-0.1, -0.05) is 0 Å². The van der Waals surface area contributed by atoms with Crippen molar-refractivity contribution in [2.45, 2.75) is 26.7 Å². The molecule has 1 fully saturated rings. The monoisotopic (exact) mass is 453 g/mol. The maximum atomic E-state index is 5.99. The summed E-state index contributed by atoms with van der Waals surface area (Å²) in [4.78, 5) is 2.41. The van der Waals surface area contributed by atoms with Crippen LogP contribution in [0.5, 0.6) is 0 Å². The van der Waals surface area contributed by atoms with E-state index in [-0.39, 0.29) is 0 Å². The maximum Gasteiger partial charge on any atom is 0.186 e. The molecule has 0 aromatic carbocycles. The summed E-state index contributed by atoms with van der Waals surface area (Å²) >= 11 is 10.3. The molecule has 166 valence electrons. The second-order valence-electron chi connectivity index (χ2n) is 6.52. The number of furan rings is 1. The first kappa shape index (κ1) is 24.2. The Morgan fingerprint density at radius 3 is 2.50 bits per heavy atom. The van der Waals surface area contributed by atoms with Gasteiger partial charge in [0.1, 0.15) is 11.5 Å². The highest BCUT2D eigenvalue weighted by molar-refractivity contribution is 7.80. The van der Waals surface area contributed by atoms with Crippen LogP contribution in [0.2, 0.25) is 0 Å². The fraction of sp³-hybridized carbons (Fsp3) is 0.579. The topological polar surface area (TPSA) is 98.5 Å². The van der Waals surface area contributed by atoms with Crippen molar-refractivity contribution >= 4 is 46.6 Å². The molecule has 1 aromatic heterocycles. The third kappa shape index (κ3) is 9.16. The number of thiocarbonyl (C=S) groups is 2. The SMILES string of the molecule is CCNC(=S)N/N=C/C(=N\NC(=S)NCC)c1ccc(CCCN2CCOCC2)o1. The van der Waals surface area contributed by atoms with Crippen molar-refractivity contribution in [3.63, 3.8) is 0 Å². The predicted molar refractivity (Wildman–Crippen MR) is 128 cm³/mol. The Balaban J connectivity index is 1.96. The van der Waals surface area contributed by atoms with Crippen LogP contribution in [0.25, 0.3) is 0 Å². The standard InChI is InChI=1S/C19H31N7O2S2/c1-3-20-18(29)24-22-14-16(23-25-19(30)21-4-2)17-8-7-15(28-17)6-5-9-26-10-12-27-13-11-26/h7-8,14H,3-6,9-13H2,1-2H3,(H2,20,24,29)(H2,21,25,30)/b22-14+,23-16+. The summed E-state index contributed by atoms with van der Waals surface area (Å²) in [5, 5.41) is 15.3. The van der Waals surface area contributed by atoms with E-state index in [0.29, 0.717) is 34.8 Å². The van der Waals surface area contributed by atoms with Gasteiger partial charge in [0.15, 0.2) is 16.0 Å². The van der Waals surface area contributed by atoms with Crippen LogP contribution in [0.1, 0.15) is 31.8 Å². The van der Waals surface area contributed by atoms with E-state index in [1.165, 1.54) is 0 Å². The zero-order valence-electron chi connectivity index (χ0n) is 17.6. The van der Waals surface area contributed by atoms with E-state index >= 15 is 0 Å². The Bertz CT molecular complexity index is 730. The minimum Gasteiger partial charge on any atom is -0.459 e. The summed E-state index contributed by atoms with van der Waals surface area (Å²) in [5.41, 5.74) is 6.05. The van der Waals surface area contributed by atoms with Crippen LogP contribution in [-0.2, 0) is 11.2 Å². The lowest BCUT2D eigenvalue weighted by Gasteiger charge is -2.26. The van der Waals surface area contributed by atoms with Crippen LogP contribution < -0.4 is 21.5 Å². The maximum absolute atomic E-state index is 5.99. The van der Waals surface area contributed by atoms with Gasteiger partial charge in [-0.2, -0.15) is 10.2 Å². The van der Waals surface area contributed by atoms with Gasteiger partial charge in [-0.05, 0) is 63.4 Å². The molecule has 1 saturated heterocycles. The van der Waals surface area contributed by atoms with Gasteiger partial charge in [-0.15, -0.1) is 0 Å². The Hall–Kier alpha value is -2.08. The van der Waals surface area contributed by atoms with E-state index in [0.717, 1.165) is 51.4 Å². The van der Waals surface area contributed by atoms with E-state index in [1.807, 2.05) is 26.0 Å². The van der Waals surface area contributed by atoms with Gasteiger partial charge in [0, 0.05) is 32.6 Å². The van der Waals surface area contributed by atoms with Crippen molar-refractivity contribution in [1.29, 1.82) is 0 Å². The van der Waals surface area contributed by atoms with Gasteiger partial charge in [0.25, 0.3) is 0 Å².